The molecule has 3 unspecified atom stereocenters. The molecule has 3 saturated heterocycles. The molecule has 26 heteroatoms. The molecule has 4 aliphatic rings. The molecule has 4 aromatic rings. The summed E-state index contributed by atoms with van der Waals surface area (Å²) in [6.45, 7) is -1.67. The largest absolute Gasteiger partial charge is 0.509 e. The first-order chi connectivity index (χ1) is 26.4. The van der Waals surface area contributed by atoms with Gasteiger partial charge < -0.3 is 45.3 Å². The fraction of sp³-hybridized carbons (Fsp3) is 0.552. The number of phosphoric acid groups is 2. The summed E-state index contributed by atoms with van der Waals surface area (Å²) in [5.41, 5.74) is 12.5. The van der Waals surface area contributed by atoms with Crippen molar-refractivity contribution in [2.24, 2.45) is 0 Å². The van der Waals surface area contributed by atoms with Crippen LogP contribution in [0.1, 0.15) is 44.6 Å². The lowest BCUT2D eigenvalue weighted by Gasteiger charge is -2.27. The second-order valence-electron chi connectivity index (χ2n) is 13.0. The molecule has 3 aliphatic heterocycles. The van der Waals surface area contributed by atoms with Gasteiger partial charge in [-0.25, -0.2) is 43.8 Å². The van der Waals surface area contributed by atoms with Crippen LogP contribution in [-0.2, 0) is 46.2 Å². The van der Waals surface area contributed by atoms with E-state index in [-0.39, 0.29) is 34.0 Å². The molecule has 0 saturated carbocycles. The Morgan fingerprint density at radius 3 is 2.05 bits per heavy atom. The fourth-order valence-electron chi connectivity index (χ4n) is 6.82. The number of nitrogen functional groups attached to an aromatic ring is 2. The molecule has 296 valence electrons. The minimum absolute atomic E-state index is 0.0143. The van der Waals surface area contributed by atoms with Crippen molar-refractivity contribution in [3.05, 3.63) is 37.5 Å². The van der Waals surface area contributed by atoms with Crippen LogP contribution in [0.25, 0.3) is 22.3 Å². The minimum Gasteiger partial charge on any atom is -0.427 e. The molecular formula is C29H36N10O14P2. The molecule has 55 heavy (non-hydrogen) atoms. The van der Waals surface area contributed by atoms with E-state index in [0.717, 1.165) is 38.3 Å². The Hall–Kier alpha value is -4.19. The van der Waals surface area contributed by atoms with E-state index in [0.29, 0.717) is 6.42 Å². The molecule has 7 heterocycles. The Morgan fingerprint density at radius 2 is 1.38 bits per heavy atom. The molecule has 0 radical (unpaired) electrons. The molecule has 0 aromatic carbocycles. The van der Waals surface area contributed by atoms with Crippen LogP contribution < -0.4 is 11.5 Å². The van der Waals surface area contributed by atoms with Crippen molar-refractivity contribution in [2.75, 3.05) is 24.7 Å². The van der Waals surface area contributed by atoms with E-state index in [9.17, 15) is 28.8 Å². The third kappa shape index (κ3) is 7.67. The third-order valence-corrected chi connectivity index (χ3v) is 11.4. The zero-order chi connectivity index (χ0) is 38.5. The average molecular weight is 811 g/mol. The summed E-state index contributed by atoms with van der Waals surface area (Å²) in [6, 6.07) is 0. The SMILES string of the molecule is Nc1ncnc2c1ncn2[C@@H]1O[C@@H]2COP(=O)(O)O[C@H]3[C@@H](OC(=O)OC4/C=C/CCCCC4)[C@H](n4cnc5c(N)ncnc54)O[C@@H]3COP(=O)(O)O[C@@H]1[C@@H]2O. The van der Waals surface area contributed by atoms with Gasteiger partial charge in [0.15, 0.2) is 41.5 Å². The Balaban J connectivity index is 1.11. The summed E-state index contributed by atoms with van der Waals surface area (Å²) in [6.07, 6.45) is -1.93. The average Bonchev–Trinajstić information content (AvgIpc) is 3.89. The lowest BCUT2D eigenvalue weighted by Crippen LogP contribution is -2.39. The highest BCUT2D eigenvalue weighted by Crippen LogP contribution is 2.54. The summed E-state index contributed by atoms with van der Waals surface area (Å²) < 4.78 is 75.0. The number of hydrogen-bond donors (Lipinski definition) is 5. The standard InChI is InChI=1S/C29H36N10O14P2/c30-23-17-25(34-10-32-23)38(12-36-17)27-21-19(40)15(49-27)8-46-54(42,43)52-20-16(9-47-55(44,45)53-21)50-28(39-13-37-18-24(31)33-11-35-26(18)39)22(20)51-29(41)48-14-6-4-2-1-3-5-7-14/h4,6,10-16,19-22,27-28,40H,1-3,5,7-9H2,(H,42,43)(H,44,45)(H2,30,32,34)(H2,31,33,35)/b6-4+/t14?,15-,16-,19-,20-,21-,22-,27-,28-/m1/s1. The van der Waals surface area contributed by atoms with E-state index in [2.05, 4.69) is 29.9 Å². The number of aliphatic hydroxyl groups is 1. The number of hydrogen-bond acceptors (Lipinski definition) is 20. The van der Waals surface area contributed by atoms with Crippen LogP contribution in [0.3, 0.4) is 0 Å². The maximum atomic E-state index is 13.7. The number of phosphoric ester groups is 2. The Morgan fingerprint density at radius 1 is 0.782 bits per heavy atom. The Bertz CT molecular complexity index is 2190. The molecule has 1 aliphatic carbocycles. The van der Waals surface area contributed by atoms with Gasteiger partial charge in [-0.05, 0) is 31.8 Å². The van der Waals surface area contributed by atoms with Crippen molar-refractivity contribution in [2.45, 2.75) is 87.3 Å². The number of ether oxygens (including phenoxy) is 4. The molecule has 0 spiro atoms. The molecule has 4 aromatic heterocycles. The van der Waals surface area contributed by atoms with E-state index in [1.54, 1.807) is 6.08 Å². The van der Waals surface area contributed by atoms with Crippen molar-refractivity contribution in [1.29, 1.82) is 0 Å². The predicted molar refractivity (Wildman–Crippen MR) is 182 cm³/mol. The molecule has 2 bridgehead atoms. The number of fused-ring (bicyclic) bond motifs is 5. The lowest BCUT2D eigenvalue weighted by molar-refractivity contribution is -0.0689. The maximum Gasteiger partial charge on any atom is 0.509 e. The smallest absolute Gasteiger partial charge is 0.427 e. The van der Waals surface area contributed by atoms with Gasteiger partial charge in [-0.1, -0.05) is 12.5 Å². The van der Waals surface area contributed by atoms with Crippen molar-refractivity contribution in [1.82, 2.24) is 39.0 Å². The molecule has 24 nitrogen and oxygen atoms in total. The highest BCUT2D eigenvalue weighted by molar-refractivity contribution is 7.47. The highest BCUT2D eigenvalue weighted by atomic mass is 31.2. The van der Waals surface area contributed by atoms with Gasteiger partial charge in [-0.2, -0.15) is 0 Å². The lowest BCUT2D eigenvalue weighted by atomic mass is 10.0. The zero-order valence-electron chi connectivity index (χ0n) is 28.6. The number of carbonyl (C=O) groups excluding carboxylic acids is 1. The van der Waals surface area contributed by atoms with Crippen molar-refractivity contribution >= 4 is 55.8 Å². The van der Waals surface area contributed by atoms with Crippen molar-refractivity contribution < 1.29 is 65.9 Å². The molecule has 0 amide bonds. The molecular weight excluding hydrogens is 774 g/mol. The van der Waals surface area contributed by atoms with Crippen LogP contribution >= 0.6 is 15.6 Å². The fourth-order valence-corrected chi connectivity index (χ4v) is 8.71. The van der Waals surface area contributed by atoms with E-state index >= 15 is 0 Å². The molecule has 8 rings (SSSR count). The van der Waals surface area contributed by atoms with Gasteiger partial charge in [0.05, 0.1) is 25.9 Å². The maximum absolute atomic E-state index is 13.7. The molecule has 7 N–H and O–H groups in total. The number of anilines is 2. The summed E-state index contributed by atoms with van der Waals surface area (Å²) in [5.74, 6) is 0.0352. The van der Waals surface area contributed by atoms with Crippen LogP contribution in [0.15, 0.2) is 37.5 Å². The third-order valence-electron chi connectivity index (χ3n) is 9.42. The Kier molecular flexibility index (Phi) is 10.3. The van der Waals surface area contributed by atoms with Crippen molar-refractivity contribution in [3.63, 3.8) is 0 Å². The number of aliphatic hydroxyl groups excluding tert-OH is 1. The second-order valence-corrected chi connectivity index (χ2v) is 15.8. The minimum atomic E-state index is -5.19. The van der Waals surface area contributed by atoms with Gasteiger partial charge >= 0.3 is 21.8 Å². The highest BCUT2D eigenvalue weighted by Gasteiger charge is 2.55. The van der Waals surface area contributed by atoms with E-state index < -0.39 is 90.2 Å². The summed E-state index contributed by atoms with van der Waals surface area (Å²) in [7, 11) is -10.4. The number of imidazole rings is 2. The van der Waals surface area contributed by atoms with Gasteiger partial charge in [0.2, 0.25) is 0 Å². The summed E-state index contributed by atoms with van der Waals surface area (Å²) in [4.78, 5) is 60.0. The van der Waals surface area contributed by atoms with Gasteiger partial charge in [0, 0.05) is 0 Å². The number of carbonyl (C=O) groups is 1. The second kappa shape index (κ2) is 15.0. The number of allylic oxidation sites excluding steroid dienone is 1. The van der Waals surface area contributed by atoms with Gasteiger partial charge in [-0.3, -0.25) is 27.2 Å². The molecule has 11 atom stereocenters. The van der Waals surface area contributed by atoms with Gasteiger partial charge in [-0.15, -0.1) is 0 Å². The molecule has 3 fully saturated rings. The van der Waals surface area contributed by atoms with Gasteiger partial charge in [0.1, 0.15) is 60.3 Å². The predicted octanol–water partition coefficient (Wildman–Crippen LogP) is 1.41. The van der Waals surface area contributed by atoms with Crippen LogP contribution in [0.4, 0.5) is 16.4 Å². The summed E-state index contributed by atoms with van der Waals surface area (Å²) >= 11 is 0. The summed E-state index contributed by atoms with van der Waals surface area (Å²) in [5, 5.41) is 11.2. The van der Waals surface area contributed by atoms with Crippen LogP contribution in [0.2, 0.25) is 0 Å². The van der Waals surface area contributed by atoms with Crippen LogP contribution in [0.5, 0.6) is 0 Å². The van der Waals surface area contributed by atoms with E-state index in [4.69, 9.17) is 48.5 Å². The van der Waals surface area contributed by atoms with Crippen LogP contribution in [0, 0.1) is 0 Å². The van der Waals surface area contributed by atoms with E-state index in [1.165, 1.54) is 21.8 Å². The topological polar surface area (TPSA) is 325 Å². The monoisotopic (exact) mass is 810 g/mol. The van der Waals surface area contributed by atoms with Crippen molar-refractivity contribution in [3.8, 4) is 0 Å². The number of nitrogens with two attached hydrogens (primary N) is 2. The normalized spacial score (nSPS) is 36.5. The zero-order valence-corrected chi connectivity index (χ0v) is 30.4. The number of aromatic nitrogens is 8. The quantitative estimate of drug-likeness (QED) is 0.110. The number of rotatable bonds is 4. The Labute approximate surface area is 309 Å². The first-order valence-corrected chi connectivity index (χ1v) is 20.1. The van der Waals surface area contributed by atoms with E-state index in [1.807, 2.05) is 6.08 Å². The van der Waals surface area contributed by atoms with Crippen LogP contribution in [-0.4, -0.2) is 116 Å². The first-order valence-electron chi connectivity index (χ1n) is 17.1. The first kappa shape index (κ1) is 37.7. The number of nitrogens with zero attached hydrogens (tertiary/aromatic N) is 8. The van der Waals surface area contributed by atoms with Gasteiger partial charge in [0.25, 0.3) is 0 Å².